The Hall–Kier alpha value is -1.07. The first kappa shape index (κ1) is 18.0. The fourth-order valence-corrected chi connectivity index (χ4v) is 2.32. The van der Waals surface area contributed by atoms with Gasteiger partial charge in [0.2, 0.25) is 0 Å². The number of hydrogen-bond donors (Lipinski definition) is 2. The fraction of sp³-hybridized carbons (Fsp3) is 0.562. The van der Waals surface area contributed by atoms with Crippen LogP contribution in [0.1, 0.15) is 33.3 Å². The van der Waals surface area contributed by atoms with Gasteiger partial charge in [0.25, 0.3) is 5.91 Å². The third-order valence-electron chi connectivity index (χ3n) is 2.69. The first-order chi connectivity index (χ1) is 9.88. The van der Waals surface area contributed by atoms with Gasteiger partial charge in [-0.25, -0.2) is 0 Å². The van der Waals surface area contributed by atoms with Gasteiger partial charge >= 0.3 is 0 Å². The maximum absolute atomic E-state index is 11.5. The van der Waals surface area contributed by atoms with E-state index in [-0.39, 0.29) is 18.6 Å². The van der Waals surface area contributed by atoms with Gasteiger partial charge in [-0.05, 0) is 59.9 Å². The first-order valence-corrected chi connectivity index (χ1v) is 8.09. The second kappa shape index (κ2) is 9.05. The molecule has 0 spiro atoms. The standard InChI is InChI=1S/C16H25BrN2O2/c1-11(2)8-18-9-13-5-6-15(14(17)7-13)21-10-16(20)19-12(3)4/h5-7,11-12,18H,8-10H2,1-4H3,(H,19,20). The molecule has 4 nitrogen and oxygen atoms in total. The van der Waals surface area contributed by atoms with E-state index in [4.69, 9.17) is 4.74 Å². The highest BCUT2D eigenvalue weighted by molar-refractivity contribution is 9.10. The minimum atomic E-state index is -0.112. The Labute approximate surface area is 135 Å². The molecule has 1 aromatic rings. The molecule has 0 aliphatic rings. The summed E-state index contributed by atoms with van der Waals surface area (Å²) in [4.78, 5) is 11.5. The van der Waals surface area contributed by atoms with Crippen LogP contribution in [-0.4, -0.2) is 25.1 Å². The van der Waals surface area contributed by atoms with E-state index < -0.39 is 0 Å². The molecule has 0 fully saturated rings. The molecule has 5 heteroatoms. The predicted molar refractivity (Wildman–Crippen MR) is 89.5 cm³/mol. The van der Waals surface area contributed by atoms with E-state index in [0.29, 0.717) is 11.7 Å². The van der Waals surface area contributed by atoms with Gasteiger partial charge in [-0.2, -0.15) is 0 Å². The largest absolute Gasteiger partial charge is 0.483 e. The van der Waals surface area contributed by atoms with Crippen molar-refractivity contribution in [3.8, 4) is 5.75 Å². The van der Waals surface area contributed by atoms with Crippen molar-refractivity contribution in [1.82, 2.24) is 10.6 Å². The van der Waals surface area contributed by atoms with E-state index in [1.807, 2.05) is 32.0 Å². The maximum Gasteiger partial charge on any atom is 0.258 e. The number of carbonyl (C=O) groups is 1. The van der Waals surface area contributed by atoms with E-state index in [1.165, 1.54) is 5.56 Å². The highest BCUT2D eigenvalue weighted by Gasteiger charge is 2.07. The van der Waals surface area contributed by atoms with Crippen molar-refractivity contribution in [2.45, 2.75) is 40.3 Å². The molecule has 0 unspecified atom stereocenters. The number of rotatable bonds is 8. The zero-order valence-electron chi connectivity index (χ0n) is 13.2. The zero-order chi connectivity index (χ0) is 15.8. The molecule has 118 valence electrons. The summed E-state index contributed by atoms with van der Waals surface area (Å²) >= 11 is 3.48. The topological polar surface area (TPSA) is 50.4 Å². The molecule has 2 N–H and O–H groups in total. The Balaban J connectivity index is 2.48. The summed E-state index contributed by atoms with van der Waals surface area (Å²) in [7, 11) is 0. The number of hydrogen-bond acceptors (Lipinski definition) is 3. The van der Waals surface area contributed by atoms with Crippen molar-refractivity contribution in [1.29, 1.82) is 0 Å². The molecule has 0 saturated heterocycles. The molecule has 0 aliphatic heterocycles. The second-order valence-corrected chi connectivity index (χ2v) is 6.65. The van der Waals surface area contributed by atoms with Crippen LogP contribution in [0.2, 0.25) is 0 Å². The van der Waals surface area contributed by atoms with Crippen molar-refractivity contribution in [2.24, 2.45) is 5.92 Å². The Morgan fingerprint density at radius 2 is 2.00 bits per heavy atom. The van der Waals surface area contributed by atoms with E-state index >= 15 is 0 Å². The molecule has 0 heterocycles. The Bertz CT molecular complexity index is 462. The van der Waals surface area contributed by atoms with Crippen LogP contribution in [0.4, 0.5) is 0 Å². The monoisotopic (exact) mass is 356 g/mol. The molecule has 0 aliphatic carbocycles. The summed E-state index contributed by atoms with van der Waals surface area (Å²) in [6, 6.07) is 6.04. The molecule has 0 aromatic heterocycles. The molecule has 1 aromatic carbocycles. The molecule has 0 saturated carbocycles. The van der Waals surface area contributed by atoms with E-state index in [1.54, 1.807) is 0 Å². The minimum absolute atomic E-state index is 0.0295. The van der Waals surface area contributed by atoms with Crippen molar-refractivity contribution >= 4 is 21.8 Å². The van der Waals surface area contributed by atoms with Crippen LogP contribution in [0.5, 0.6) is 5.75 Å². The van der Waals surface area contributed by atoms with Gasteiger partial charge in [-0.15, -0.1) is 0 Å². The highest BCUT2D eigenvalue weighted by atomic mass is 79.9. The second-order valence-electron chi connectivity index (χ2n) is 5.80. The van der Waals surface area contributed by atoms with Crippen LogP contribution in [-0.2, 0) is 11.3 Å². The summed E-state index contributed by atoms with van der Waals surface area (Å²) in [6.07, 6.45) is 0. The van der Waals surface area contributed by atoms with Crippen molar-refractivity contribution in [3.05, 3.63) is 28.2 Å². The molecule has 0 bridgehead atoms. The van der Waals surface area contributed by atoms with Crippen LogP contribution in [0.3, 0.4) is 0 Å². The average Bonchev–Trinajstić information content (AvgIpc) is 2.36. The summed E-state index contributed by atoms with van der Waals surface area (Å²) in [6.45, 7) is 10.1. The van der Waals surface area contributed by atoms with Crippen molar-refractivity contribution < 1.29 is 9.53 Å². The third-order valence-corrected chi connectivity index (χ3v) is 3.31. The Morgan fingerprint density at radius 1 is 1.29 bits per heavy atom. The lowest BCUT2D eigenvalue weighted by molar-refractivity contribution is -0.123. The van der Waals surface area contributed by atoms with Gasteiger partial charge in [-0.3, -0.25) is 4.79 Å². The summed E-state index contributed by atoms with van der Waals surface area (Å²) in [5, 5.41) is 6.19. The number of amides is 1. The number of carbonyl (C=O) groups excluding carboxylic acids is 1. The lowest BCUT2D eigenvalue weighted by Gasteiger charge is -2.12. The van der Waals surface area contributed by atoms with Gasteiger partial charge < -0.3 is 15.4 Å². The summed E-state index contributed by atoms with van der Waals surface area (Å²) in [5.74, 6) is 1.21. The maximum atomic E-state index is 11.5. The van der Waals surface area contributed by atoms with Gasteiger partial charge in [-0.1, -0.05) is 19.9 Å². The highest BCUT2D eigenvalue weighted by Crippen LogP contribution is 2.26. The number of nitrogens with one attached hydrogen (secondary N) is 2. The van der Waals surface area contributed by atoms with Gasteiger partial charge in [0.1, 0.15) is 5.75 Å². The van der Waals surface area contributed by atoms with Crippen molar-refractivity contribution in [3.63, 3.8) is 0 Å². The molecule has 1 amide bonds. The minimum Gasteiger partial charge on any atom is -0.483 e. The molecule has 0 atom stereocenters. The molecule has 1 rings (SSSR count). The lowest BCUT2D eigenvalue weighted by atomic mass is 10.2. The van der Waals surface area contributed by atoms with Crippen LogP contribution >= 0.6 is 15.9 Å². The van der Waals surface area contributed by atoms with Crippen LogP contribution in [0, 0.1) is 5.92 Å². The quantitative estimate of drug-likeness (QED) is 0.752. The summed E-state index contributed by atoms with van der Waals surface area (Å²) < 4.78 is 6.38. The van der Waals surface area contributed by atoms with Crippen LogP contribution in [0.15, 0.2) is 22.7 Å². The predicted octanol–water partition coefficient (Wildman–Crippen LogP) is 3.10. The van der Waals surface area contributed by atoms with Gasteiger partial charge in [0, 0.05) is 12.6 Å². The number of benzene rings is 1. The zero-order valence-corrected chi connectivity index (χ0v) is 14.8. The van der Waals surface area contributed by atoms with Crippen LogP contribution < -0.4 is 15.4 Å². The normalized spacial score (nSPS) is 11.0. The first-order valence-electron chi connectivity index (χ1n) is 7.29. The molecular weight excluding hydrogens is 332 g/mol. The number of halogens is 1. The number of ether oxygens (including phenoxy) is 1. The Kier molecular flexibility index (Phi) is 7.75. The SMILES string of the molecule is CC(C)CNCc1ccc(OCC(=O)NC(C)C)c(Br)c1. The molecular formula is C16H25BrN2O2. The third kappa shape index (κ3) is 7.48. The Morgan fingerprint density at radius 3 is 2.57 bits per heavy atom. The van der Waals surface area contributed by atoms with E-state index in [9.17, 15) is 4.79 Å². The van der Waals surface area contributed by atoms with Gasteiger partial charge in [0.05, 0.1) is 4.47 Å². The van der Waals surface area contributed by atoms with Crippen LogP contribution in [0.25, 0.3) is 0 Å². The average molecular weight is 357 g/mol. The smallest absolute Gasteiger partial charge is 0.258 e. The molecule has 21 heavy (non-hydrogen) atoms. The van der Waals surface area contributed by atoms with Crippen molar-refractivity contribution in [2.75, 3.05) is 13.2 Å². The fourth-order valence-electron chi connectivity index (χ4n) is 1.78. The lowest BCUT2D eigenvalue weighted by Crippen LogP contribution is -2.34. The van der Waals surface area contributed by atoms with Gasteiger partial charge in [0.15, 0.2) is 6.61 Å². The van der Waals surface area contributed by atoms with E-state index in [0.717, 1.165) is 17.6 Å². The molecule has 0 radical (unpaired) electrons. The van der Waals surface area contributed by atoms with E-state index in [2.05, 4.69) is 40.4 Å². The summed E-state index contributed by atoms with van der Waals surface area (Å²) in [5.41, 5.74) is 1.18.